The summed E-state index contributed by atoms with van der Waals surface area (Å²) in [5, 5.41) is 0.658. The second kappa shape index (κ2) is 9.07. The van der Waals surface area contributed by atoms with Crippen molar-refractivity contribution in [2.24, 2.45) is 0 Å². The van der Waals surface area contributed by atoms with E-state index in [1.807, 2.05) is 31.2 Å². The molecule has 1 aliphatic rings. The number of alkyl halides is 2. The van der Waals surface area contributed by atoms with Crippen LogP contribution in [0.15, 0.2) is 36.5 Å². The van der Waals surface area contributed by atoms with Gasteiger partial charge >= 0.3 is 12.7 Å². The molecule has 4 aromatic rings. The van der Waals surface area contributed by atoms with E-state index < -0.39 is 18.9 Å². The van der Waals surface area contributed by atoms with E-state index in [0.717, 1.165) is 16.7 Å². The highest BCUT2D eigenvalue weighted by molar-refractivity contribution is 7.22. The number of hydrogen-bond acceptors (Lipinski definition) is 8. The van der Waals surface area contributed by atoms with Crippen molar-refractivity contribution in [2.45, 2.75) is 32.6 Å². The van der Waals surface area contributed by atoms with Gasteiger partial charge in [-0.3, -0.25) is 0 Å². The number of rotatable bonds is 5. The SMILES string of the molecule is COC(=O)N(c1cccc2nc(-c3cc(C)cc4nc(OC(F)F)cnc34)sc12)C1CCCO1. The van der Waals surface area contributed by atoms with Crippen molar-refractivity contribution in [1.29, 1.82) is 0 Å². The van der Waals surface area contributed by atoms with E-state index in [0.29, 0.717) is 45.8 Å². The minimum atomic E-state index is -2.99. The molecule has 0 aliphatic carbocycles. The number of aryl methyl sites for hydroxylation is 1. The third-order valence-corrected chi connectivity index (χ3v) is 6.55. The summed E-state index contributed by atoms with van der Waals surface area (Å²) in [6.45, 7) is -0.534. The van der Waals surface area contributed by atoms with Gasteiger partial charge in [0.2, 0.25) is 5.88 Å². The van der Waals surface area contributed by atoms with Gasteiger partial charge in [0.1, 0.15) is 11.2 Å². The molecule has 0 saturated carbocycles. The molecule has 0 spiro atoms. The lowest BCUT2D eigenvalue weighted by Gasteiger charge is -2.27. The van der Waals surface area contributed by atoms with Gasteiger partial charge in [-0.1, -0.05) is 6.07 Å². The van der Waals surface area contributed by atoms with E-state index in [-0.39, 0.29) is 5.88 Å². The maximum absolute atomic E-state index is 12.7. The number of hydrogen-bond donors (Lipinski definition) is 0. The van der Waals surface area contributed by atoms with E-state index in [1.165, 1.54) is 29.5 Å². The number of halogens is 2. The number of carbonyl (C=O) groups is 1. The van der Waals surface area contributed by atoms with E-state index in [2.05, 4.69) is 14.7 Å². The van der Waals surface area contributed by atoms with Crippen LogP contribution < -0.4 is 9.64 Å². The molecule has 34 heavy (non-hydrogen) atoms. The van der Waals surface area contributed by atoms with Crippen LogP contribution in [0, 0.1) is 6.92 Å². The van der Waals surface area contributed by atoms with Gasteiger partial charge in [0.05, 0.1) is 40.2 Å². The molecular weight excluding hydrogens is 466 g/mol. The fourth-order valence-corrected chi connectivity index (χ4v) is 5.12. The molecule has 2 aromatic heterocycles. The summed E-state index contributed by atoms with van der Waals surface area (Å²) in [7, 11) is 1.34. The predicted octanol–water partition coefficient (Wildman–Crippen LogP) is 5.53. The lowest BCUT2D eigenvalue weighted by Crippen LogP contribution is -2.40. The number of nitrogens with zero attached hydrogens (tertiary/aromatic N) is 4. The molecule has 1 unspecified atom stereocenters. The molecule has 1 atom stereocenters. The van der Waals surface area contributed by atoms with E-state index in [4.69, 9.17) is 14.5 Å². The van der Waals surface area contributed by atoms with Crippen molar-refractivity contribution in [3.63, 3.8) is 0 Å². The van der Waals surface area contributed by atoms with Crippen LogP contribution in [0.25, 0.3) is 31.8 Å². The first-order valence-corrected chi connectivity index (χ1v) is 11.4. The Morgan fingerprint density at radius 3 is 2.85 bits per heavy atom. The Hall–Kier alpha value is -3.44. The maximum atomic E-state index is 12.7. The van der Waals surface area contributed by atoms with Gasteiger partial charge in [-0.2, -0.15) is 8.78 Å². The molecule has 1 aliphatic heterocycles. The quantitative estimate of drug-likeness (QED) is 0.367. The first-order valence-electron chi connectivity index (χ1n) is 10.6. The van der Waals surface area contributed by atoms with E-state index >= 15 is 0 Å². The van der Waals surface area contributed by atoms with Crippen LogP contribution in [0.1, 0.15) is 18.4 Å². The number of anilines is 1. The minimum Gasteiger partial charge on any atom is -0.452 e. The first-order chi connectivity index (χ1) is 16.4. The Balaban J connectivity index is 1.64. The number of methoxy groups -OCH3 is 1. The average molecular weight is 487 g/mol. The summed E-state index contributed by atoms with van der Waals surface area (Å²) in [4.78, 5) is 27.5. The van der Waals surface area contributed by atoms with Crippen molar-refractivity contribution in [3.05, 3.63) is 42.1 Å². The lowest BCUT2D eigenvalue weighted by molar-refractivity contribution is -0.0528. The molecule has 1 saturated heterocycles. The van der Waals surface area contributed by atoms with Crippen LogP contribution in [-0.4, -0.2) is 47.6 Å². The summed E-state index contributed by atoms with van der Waals surface area (Å²) >= 11 is 1.40. The monoisotopic (exact) mass is 486 g/mol. The zero-order chi connectivity index (χ0) is 23.8. The van der Waals surface area contributed by atoms with Crippen LogP contribution >= 0.6 is 11.3 Å². The number of benzene rings is 2. The second-order valence-corrected chi connectivity index (χ2v) is 8.72. The van der Waals surface area contributed by atoms with Crippen LogP contribution in [0.3, 0.4) is 0 Å². The van der Waals surface area contributed by atoms with Gasteiger partial charge in [-0.05, 0) is 49.6 Å². The minimum absolute atomic E-state index is 0.254. The highest BCUT2D eigenvalue weighted by Gasteiger charge is 2.31. The third kappa shape index (κ3) is 4.12. The number of aromatic nitrogens is 3. The molecule has 1 fully saturated rings. The van der Waals surface area contributed by atoms with Gasteiger partial charge < -0.3 is 14.2 Å². The Morgan fingerprint density at radius 2 is 2.12 bits per heavy atom. The number of fused-ring (bicyclic) bond motifs is 2. The maximum Gasteiger partial charge on any atom is 0.416 e. The summed E-state index contributed by atoms with van der Waals surface area (Å²) in [6.07, 6.45) is 1.81. The Labute approximate surface area is 197 Å². The average Bonchev–Trinajstić information content (AvgIpc) is 3.48. The predicted molar refractivity (Wildman–Crippen MR) is 123 cm³/mol. The normalized spacial score (nSPS) is 15.9. The van der Waals surface area contributed by atoms with Gasteiger partial charge in [-0.15, -0.1) is 11.3 Å². The van der Waals surface area contributed by atoms with Crippen LogP contribution in [-0.2, 0) is 9.47 Å². The fourth-order valence-electron chi connectivity index (χ4n) is 4.03. The largest absolute Gasteiger partial charge is 0.452 e. The van der Waals surface area contributed by atoms with Gasteiger partial charge in [0.25, 0.3) is 0 Å². The van der Waals surface area contributed by atoms with Crippen LogP contribution in [0.2, 0.25) is 0 Å². The molecule has 2 aromatic carbocycles. The van der Waals surface area contributed by atoms with Crippen LogP contribution in [0.5, 0.6) is 5.88 Å². The molecular formula is C23H20F2N4O4S. The third-order valence-electron chi connectivity index (χ3n) is 5.43. The number of carbonyl (C=O) groups excluding carboxylic acids is 1. The van der Waals surface area contributed by atoms with Crippen LogP contribution in [0.4, 0.5) is 19.3 Å². The summed E-state index contributed by atoms with van der Waals surface area (Å²) in [6, 6.07) is 9.20. The summed E-state index contributed by atoms with van der Waals surface area (Å²) < 4.78 is 41.2. The molecule has 1 amide bonds. The zero-order valence-electron chi connectivity index (χ0n) is 18.3. The van der Waals surface area contributed by atoms with E-state index in [1.54, 1.807) is 6.07 Å². The van der Waals surface area contributed by atoms with Crippen molar-refractivity contribution in [2.75, 3.05) is 18.6 Å². The molecule has 8 nitrogen and oxygen atoms in total. The Bertz CT molecular complexity index is 1370. The first kappa shape index (κ1) is 22.4. The Morgan fingerprint density at radius 1 is 1.26 bits per heavy atom. The highest BCUT2D eigenvalue weighted by atomic mass is 32.1. The van der Waals surface area contributed by atoms with Gasteiger partial charge in [-0.25, -0.2) is 24.6 Å². The standard InChI is InChI=1S/C23H20F2N4O4S/c1-12-9-13(19-15(10-12)27-17(11-26-19)33-22(24)25)21-28-14-5-3-6-16(20(14)34-21)29(23(30)31-2)18-7-4-8-32-18/h3,5-6,9-11,18,22H,4,7-8H2,1-2H3. The summed E-state index contributed by atoms with van der Waals surface area (Å²) in [5.41, 5.74) is 3.85. The van der Waals surface area contributed by atoms with E-state index in [9.17, 15) is 13.6 Å². The smallest absolute Gasteiger partial charge is 0.416 e. The van der Waals surface area contributed by atoms with Crippen molar-refractivity contribution >= 4 is 44.4 Å². The van der Waals surface area contributed by atoms with Crippen molar-refractivity contribution < 1.29 is 27.8 Å². The van der Waals surface area contributed by atoms with Gasteiger partial charge in [0, 0.05) is 12.2 Å². The topological polar surface area (TPSA) is 86.7 Å². The Kier molecular flexibility index (Phi) is 5.96. The molecule has 5 rings (SSSR count). The lowest BCUT2D eigenvalue weighted by atomic mass is 10.1. The second-order valence-electron chi connectivity index (χ2n) is 7.72. The number of thiazole rings is 1. The van der Waals surface area contributed by atoms with Crippen molar-refractivity contribution in [1.82, 2.24) is 15.0 Å². The fraction of sp³-hybridized carbons (Fsp3) is 0.304. The number of amides is 1. The summed E-state index contributed by atoms with van der Waals surface area (Å²) in [5.74, 6) is -0.254. The molecule has 176 valence electrons. The highest BCUT2D eigenvalue weighted by Crippen LogP contribution is 2.40. The molecule has 11 heteroatoms. The molecule has 0 N–H and O–H groups in total. The molecule has 3 heterocycles. The van der Waals surface area contributed by atoms with Gasteiger partial charge in [0.15, 0.2) is 0 Å². The zero-order valence-corrected chi connectivity index (χ0v) is 19.1. The molecule has 0 radical (unpaired) electrons. The molecule has 0 bridgehead atoms. The number of ether oxygens (including phenoxy) is 3. The van der Waals surface area contributed by atoms with Crippen molar-refractivity contribution in [3.8, 4) is 16.5 Å².